The highest BCUT2D eigenvalue weighted by molar-refractivity contribution is 7.89. The first-order valence-corrected chi connectivity index (χ1v) is 11.4. The summed E-state index contributed by atoms with van der Waals surface area (Å²) in [5, 5.41) is 3.22. The third kappa shape index (κ3) is 5.30. The predicted molar refractivity (Wildman–Crippen MR) is 106 cm³/mol. The summed E-state index contributed by atoms with van der Waals surface area (Å²) in [7, 11) is -3.56. The van der Waals surface area contributed by atoms with Crippen LogP contribution >= 0.6 is 0 Å². The van der Waals surface area contributed by atoms with Crippen LogP contribution in [0.5, 0.6) is 0 Å². The summed E-state index contributed by atoms with van der Waals surface area (Å²) in [5.41, 5.74) is 1.15. The molecular weight excluding hydrogens is 362 g/mol. The van der Waals surface area contributed by atoms with Crippen LogP contribution in [0.3, 0.4) is 0 Å². The van der Waals surface area contributed by atoms with Crippen molar-refractivity contribution < 1.29 is 13.2 Å². The largest absolute Gasteiger partial charge is 0.340 e. The molecule has 1 aliphatic carbocycles. The normalized spacial score (nSPS) is 18.3. The number of amides is 1. The zero-order chi connectivity index (χ0) is 19.4. The molecule has 7 heteroatoms. The van der Waals surface area contributed by atoms with Gasteiger partial charge < -0.3 is 10.2 Å². The Kier molecular flexibility index (Phi) is 6.55. The van der Waals surface area contributed by atoms with E-state index in [9.17, 15) is 13.2 Å². The first-order valence-electron chi connectivity index (χ1n) is 9.97. The summed E-state index contributed by atoms with van der Waals surface area (Å²) >= 11 is 0. The lowest BCUT2D eigenvalue weighted by Crippen LogP contribution is -2.47. The molecule has 0 aromatic heterocycles. The van der Waals surface area contributed by atoms with E-state index in [0.29, 0.717) is 23.9 Å². The van der Waals surface area contributed by atoms with Crippen LogP contribution in [-0.4, -0.2) is 62.3 Å². The van der Waals surface area contributed by atoms with Crippen molar-refractivity contribution in [3.63, 3.8) is 0 Å². The topological polar surface area (TPSA) is 69.7 Å². The number of carbonyl (C=O) groups excluding carboxylic acids is 1. The van der Waals surface area contributed by atoms with Crippen LogP contribution in [0, 0.1) is 5.92 Å². The van der Waals surface area contributed by atoms with Crippen LogP contribution in [0.25, 0.3) is 0 Å². The molecule has 1 aromatic rings. The van der Waals surface area contributed by atoms with E-state index in [1.54, 1.807) is 16.4 Å². The van der Waals surface area contributed by atoms with Gasteiger partial charge in [0.05, 0.1) is 4.90 Å². The van der Waals surface area contributed by atoms with Gasteiger partial charge in [-0.05, 0) is 42.9 Å². The lowest BCUT2D eigenvalue weighted by atomic mass is 10.0. The Hall–Kier alpha value is -1.44. The van der Waals surface area contributed by atoms with Crippen molar-refractivity contribution in [2.75, 3.05) is 32.7 Å². The van der Waals surface area contributed by atoms with Gasteiger partial charge in [0, 0.05) is 45.2 Å². The molecular formula is C20H31N3O3S. The summed E-state index contributed by atoms with van der Waals surface area (Å²) in [6.07, 6.45) is 2.95. The van der Waals surface area contributed by atoms with E-state index in [-0.39, 0.29) is 24.9 Å². The Morgan fingerprint density at radius 1 is 1.19 bits per heavy atom. The Morgan fingerprint density at radius 2 is 1.81 bits per heavy atom. The molecule has 0 atom stereocenters. The van der Waals surface area contributed by atoms with Crippen LogP contribution in [-0.2, 0) is 21.2 Å². The Balaban J connectivity index is 1.67. The molecule has 1 aromatic carbocycles. The second-order valence-corrected chi connectivity index (χ2v) is 9.86. The molecule has 1 saturated carbocycles. The number of nitrogens with zero attached hydrogens (tertiary/aromatic N) is 2. The summed E-state index contributed by atoms with van der Waals surface area (Å²) in [5.74, 6) is 0.580. The molecule has 2 aliphatic rings. The van der Waals surface area contributed by atoms with Gasteiger partial charge in [0.25, 0.3) is 0 Å². The summed E-state index contributed by atoms with van der Waals surface area (Å²) in [6, 6.07) is 7.27. The minimum Gasteiger partial charge on any atom is -0.340 e. The average molecular weight is 394 g/mol. The molecule has 0 spiro atoms. The van der Waals surface area contributed by atoms with Gasteiger partial charge in [-0.3, -0.25) is 4.79 Å². The lowest BCUT2D eigenvalue weighted by molar-refractivity contribution is -0.131. The Bertz CT molecular complexity index is 736. The van der Waals surface area contributed by atoms with Crippen LogP contribution in [0.4, 0.5) is 0 Å². The highest BCUT2D eigenvalue weighted by Crippen LogP contribution is 2.32. The number of sulfonamides is 1. The van der Waals surface area contributed by atoms with Crippen LogP contribution < -0.4 is 5.32 Å². The second-order valence-electron chi connectivity index (χ2n) is 7.97. The van der Waals surface area contributed by atoms with E-state index in [1.807, 2.05) is 17.0 Å². The summed E-state index contributed by atoms with van der Waals surface area (Å²) in [6.45, 7) is 7.57. The van der Waals surface area contributed by atoms with Crippen molar-refractivity contribution in [2.45, 2.75) is 50.5 Å². The number of nitrogens with one attached hydrogen (secondary N) is 1. The standard InChI is InChI=1S/C20H31N3O3S/c1-16(2)15-17-3-7-19(8-4-17)27(25,26)23(18-5-6-18)12-9-20(24)22-13-10-21-11-14-22/h3-4,7-8,16,18,21H,5-6,9-15H2,1-2H3. The number of benzene rings is 1. The molecule has 27 heavy (non-hydrogen) atoms. The Morgan fingerprint density at radius 3 is 2.37 bits per heavy atom. The zero-order valence-corrected chi connectivity index (χ0v) is 17.2. The number of hydrogen-bond acceptors (Lipinski definition) is 4. The minimum atomic E-state index is -3.56. The van der Waals surface area contributed by atoms with Crippen molar-refractivity contribution in [1.29, 1.82) is 0 Å². The van der Waals surface area contributed by atoms with Gasteiger partial charge in [-0.2, -0.15) is 4.31 Å². The molecule has 1 heterocycles. The smallest absolute Gasteiger partial charge is 0.243 e. The lowest BCUT2D eigenvalue weighted by Gasteiger charge is -2.29. The maximum absolute atomic E-state index is 13.1. The van der Waals surface area contributed by atoms with E-state index in [4.69, 9.17) is 0 Å². The van der Waals surface area contributed by atoms with Crippen molar-refractivity contribution in [2.24, 2.45) is 5.92 Å². The molecule has 1 N–H and O–H groups in total. The van der Waals surface area contributed by atoms with Gasteiger partial charge in [0.15, 0.2) is 0 Å². The summed E-state index contributed by atoms with van der Waals surface area (Å²) < 4.78 is 27.8. The monoisotopic (exact) mass is 393 g/mol. The molecule has 0 unspecified atom stereocenters. The van der Waals surface area contributed by atoms with Crippen molar-refractivity contribution in [1.82, 2.24) is 14.5 Å². The van der Waals surface area contributed by atoms with Gasteiger partial charge in [-0.1, -0.05) is 26.0 Å². The molecule has 1 amide bonds. The second kappa shape index (κ2) is 8.71. The van der Waals surface area contributed by atoms with Gasteiger partial charge in [-0.15, -0.1) is 0 Å². The molecule has 3 rings (SSSR count). The highest BCUT2D eigenvalue weighted by Gasteiger charge is 2.38. The van der Waals surface area contributed by atoms with Crippen molar-refractivity contribution in [3.05, 3.63) is 29.8 Å². The maximum atomic E-state index is 13.1. The van der Waals surface area contributed by atoms with Crippen molar-refractivity contribution >= 4 is 15.9 Å². The van der Waals surface area contributed by atoms with E-state index in [1.165, 1.54) is 0 Å². The number of carbonyl (C=O) groups is 1. The van der Waals surface area contributed by atoms with Gasteiger partial charge in [0.2, 0.25) is 15.9 Å². The third-order valence-electron chi connectivity index (χ3n) is 5.14. The van der Waals surface area contributed by atoms with Gasteiger partial charge in [0.1, 0.15) is 0 Å². The SMILES string of the molecule is CC(C)Cc1ccc(S(=O)(=O)N(CCC(=O)N2CCNCC2)C2CC2)cc1. The molecule has 150 valence electrons. The molecule has 2 fully saturated rings. The predicted octanol–water partition coefficient (Wildman–Crippen LogP) is 1.86. The fraction of sp³-hybridized carbons (Fsp3) is 0.650. The average Bonchev–Trinajstić information content (AvgIpc) is 3.47. The van der Waals surface area contributed by atoms with Crippen LogP contribution in [0.1, 0.15) is 38.7 Å². The minimum absolute atomic E-state index is 0.0427. The first-order chi connectivity index (χ1) is 12.9. The number of rotatable bonds is 8. The van der Waals surface area contributed by atoms with Gasteiger partial charge in [-0.25, -0.2) is 8.42 Å². The number of piperazine rings is 1. The fourth-order valence-corrected chi connectivity index (χ4v) is 5.23. The van der Waals surface area contributed by atoms with E-state index >= 15 is 0 Å². The number of hydrogen-bond donors (Lipinski definition) is 1. The van der Waals surface area contributed by atoms with E-state index < -0.39 is 10.0 Å². The summed E-state index contributed by atoms with van der Waals surface area (Å²) in [4.78, 5) is 14.6. The molecule has 1 saturated heterocycles. The maximum Gasteiger partial charge on any atom is 0.243 e. The van der Waals surface area contributed by atoms with Crippen molar-refractivity contribution in [3.8, 4) is 0 Å². The van der Waals surface area contributed by atoms with E-state index in [0.717, 1.165) is 37.9 Å². The van der Waals surface area contributed by atoms with Crippen LogP contribution in [0.15, 0.2) is 29.2 Å². The Labute approximate surface area is 163 Å². The molecule has 6 nitrogen and oxygen atoms in total. The molecule has 0 radical (unpaired) electrons. The quantitative estimate of drug-likeness (QED) is 0.732. The molecule has 0 bridgehead atoms. The fourth-order valence-electron chi connectivity index (χ4n) is 3.54. The highest BCUT2D eigenvalue weighted by atomic mass is 32.2. The first kappa shape index (κ1) is 20.3. The third-order valence-corrected chi connectivity index (χ3v) is 7.11. The van der Waals surface area contributed by atoms with E-state index in [2.05, 4.69) is 19.2 Å². The van der Waals surface area contributed by atoms with Gasteiger partial charge >= 0.3 is 0 Å². The molecule has 1 aliphatic heterocycles. The zero-order valence-electron chi connectivity index (χ0n) is 16.4. The van der Waals surface area contributed by atoms with Crippen LogP contribution in [0.2, 0.25) is 0 Å².